The van der Waals surface area contributed by atoms with Crippen LogP contribution in [0.5, 0.6) is 0 Å². The average Bonchev–Trinajstić information content (AvgIpc) is 2.15. The van der Waals surface area contributed by atoms with Crippen LogP contribution in [0.25, 0.3) is 0 Å². The van der Waals surface area contributed by atoms with Crippen molar-refractivity contribution in [1.29, 1.82) is 0 Å². The van der Waals surface area contributed by atoms with Gasteiger partial charge in [0.25, 0.3) is 5.69 Å². The van der Waals surface area contributed by atoms with E-state index in [0.717, 1.165) is 4.90 Å². The van der Waals surface area contributed by atoms with E-state index in [0.29, 0.717) is 10.8 Å². The maximum absolute atomic E-state index is 10.4. The number of rotatable bonds is 4. The molecule has 0 saturated heterocycles. The molecule has 0 saturated carbocycles. The molecule has 0 aliphatic rings. The van der Waals surface area contributed by atoms with Gasteiger partial charge in [-0.3, -0.25) is 10.1 Å². The molecule has 0 heterocycles. The molecule has 0 radical (unpaired) electrons. The second-order valence-corrected chi connectivity index (χ2v) is 3.99. The van der Waals surface area contributed by atoms with Gasteiger partial charge in [-0.15, -0.1) is 11.8 Å². The second-order valence-electron chi connectivity index (χ2n) is 2.44. The standard InChI is InChI=1S/C8H8ClNO3S/c9-7-5-6(10(12)13)1-2-8(7)14-4-3-11/h1-2,5,11H,3-4H2. The number of hydrogen-bond acceptors (Lipinski definition) is 4. The molecule has 0 spiro atoms. The van der Waals surface area contributed by atoms with E-state index in [9.17, 15) is 10.1 Å². The Morgan fingerprint density at radius 2 is 2.29 bits per heavy atom. The van der Waals surface area contributed by atoms with Crippen molar-refractivity contribution in [3.05, 3.63) is 33.3 Å². The molecule has 0 aromatic heterocycles. The Labute approximate surface area is 90.0 Å². The predicted molar refractivity (Wildman–Crippen MR) is 55.9 cm³/mol. The highest BCUT2D eigenvalue weighted by atomic mass is 35.5. The van der Waals surface area contributed by atoms with Crippen molar-refractivity contribution in [3.63, 3.8) is 0 Å². The van der Waals surface area contributed by atoms with Gasteiger partial charge in [-0.25, -0.2) is 0 Å². The van der Waals surface area contributed by atoms with Crippen LogP contribution in [0.2, 0.25) is 5.02 Å². The summed E-state index contributed by atoms with van der Waals surface area (Å²) in [4.78, 5) is 10.6. The Kier molecular flexibility index (Phi) is 4.19. The highest BCUT2D eigenvalue weighted by molar-refractivity contribution is 7.99. The first-order valence-corrected chi connectivity index (χ1v) is 5.19. The van der Waals surface area contributed by atoms with Crippen LogP contribution in [0.15, 0.2) is 23.1 Å². The molecule has 0 fully saturated rings. The maximum atomic E-state index is 10.4. The van der Waals surface area contributed by atoms with Crippen molar-refractivity contribution < 1.29 is 10.0 Å². The molecule has 1 N–H and O–H groups in total. The summed E-state index contributed by atoms with van der Waals surface area (Å²) < 4.78 is 0. The molecule has 4 nitrogen and oxygen atoms in total. The fourth-order valence-corrected chi connectivity index (χ4v) is 1.89. The van der Waals surface area contributed by atoms with Crippen LogP contribution in [0.4, 0.5) is 5.69 Å². The molecule has 0 aliphatic heterocycles. The van der Waals surface area contributed by atoms with Gasteiger partial charge in [0, 0.05) is 22.8 Å². The normalized spacial score (nSPS) is 10.1. The molecule has 6 heteroatoms. The smallest absolute Gasteiger partial charge is 0.270 e. The lowest BCUT2D eigenvalue weighted by atomic mass is 10.3. The fourth-order valence-electron chi connectivity index (χ4n) is 0.876. The molecule has 0 aliphatic carbocycles. The third-order valence-electron chi connectivity index (χ3n) is 1.48. The van der Waals surface area contributed by atoms with E-state index >= 15 is 0 Å². The van der Waals surface area contributed by atoms with Gasteiger partial charge in [0.15, 0.2) is 0 Å². The first-order chi connectivity index (χ1) is 6.65. The SMILES string of the molecule is O=[N+]([O-])c1ccc(SCCO)c(Cl)c1. The zero-order valence-corrected chi connectivity index (χ0v) is 8.72. The maximum Gasteiger partial charge on any atom is 0.270 e. The zero-order valence-electron chi connectivity index (χ0n) is 7.14. The lowest BCUT2D eigenvalue weighted by molar-refractivity contribution is -0.384. The van der Waals surface area contributed by atoms with Crippen LogP contribution in [0.1, 0.15) is 0 Å². The van der Waals surface area contributed by atoms with Crippen molar-refractivity contribution in [2.75, 3.05) is 12.4 Å². The largest absolute Gasteiger partial charge is 0.396 e. The first kappa shape index (κ1) is 11.3. The highest BCUT2D eigenvalue weighted by Gasteiger charge is 2.09. The molecule has 1 rings (SSSR count). The Bertz CT molecular complexity index is 345. The zero-order chi connectivity index (χ0) is 10.6. The van der Waals surface area contributed by atoms with Crippen molar-refractivity contribution in [2.45, 2.75) is 4.90 Å². The number of nitrogens with zero attached hydrogens (tertiary/aromatic N) is 1. The molecule has 76 valence electrons. The van der Waals surface area contributed by atoms with Crippen molar-refractivity contribution in [1.82, 2.24) is 0 Å². The molecule has 0 amide bonds. The van der Waals surface area contributed by atoms with Crippen LogP contribution in [0.3, 0.4) is 0 Å². The van der Waals surface area contributed by atoms with Crippen LogP contribution in [-0.4, -0.2) is 22.4 Å². The summed E-state index contributed by atoms with van der Waals surface area (Å²) in [6.45, 7) is 0.0536. The van der Waals surface area contributed by atoms with E-state index in [2.05, 4.69) is 0 Å². The minimum atomic E-state index is -0.494. The van der Waals surface area contributed by atoms with E-state index in [1.54, 1.807) is 6.07 Å². The summed E-state index contributed by atoms with van der Waals surface area (Å²) in [5, 5.41) is 19.3. The minimum absolute atomic E-state index is 0.0247. The lowest BCUT2D eigenvalue weighted by Gasteiger charge is -2.01. The summed E-state index contributed by atoms with van der Waals surface area (Å²) in [6, 6.07) is 4.29. The summed E-state index contributed by atoms with van der Waals surface area (Å²) in [5.74, 6) is 0.525. The molecule has 0 atom stereocenters. The number of hydrogen-bond donors (Lipinski definition) is 1. The molecular weight excluding hydrogens is 226 g/mol. The van der Waals surface area contributed by atoms with E-state index in [1.807, 2.05) is 0 Å². The molecule has 0 bridgehead atoms. The van der Waals surface area contributed by atoms with Crippen molar-refractivity contribution in [2.24, 2.45) is 0 Å². The number of nitro groups is 1. The van der Waals surface area contributed by atoms with Crippen molar-refractivity contribution in [3.8, 4) is 0 Å². The van der Waals surface area contributed by atoms with Gasteiger partial charge in [-0.05, 0) is 6.07 Å². The lowest BCUT2D eigenvalue weighted by Crippen LogP contribution is -1.89. The quantitative estimate of drug-likeness (QED) is 0.493. The van der Waals surface area contributed by atoms with Crippen molar-refractivity contribution >= 4 is 29.1 Å². The molecular formula is C8H8ClNO3S. The number of halogens is 1. The molecule has 14 heavy (non-hydrogen) atoms. The van der Waals surface area contributed by atoms with E-state index in [1.165, 1.54) is 23.9 Å². The average molecular weight is 234 g/mol. The topological polar surface area (TPSA) is 63.4 Å². The Morgan fingerprint density at radius 3 is 2.79 bits per heavy atom. The third-order valence-corrected chi connectivity index (χ3v) is 2.95. The Balaban J connectivity index is 2.84. The highest BCUT2D eigenvalue weighted by Crippen LogP contribution is 2.30. The fraction of sp³-hybridized carbons (Fsp3) is 0.250. The van der Waals surface area contributed by atoms with Gasteiger partial charge < -0.3 is 5.11 Å². The summed E-state index contributed by atoms with van der Waals surface area (Å²) in [6.07, 6.45) is 0. The number of non-ortho nitro benzene ring substituents is 1. The summed E-state index contributed by atoms with van der Waals surface area (Å²) in [7, 11) is 0. The molecule has 1 aromatic carbocycles. The minimum Gasteiger partial charge on any atom is -0.396 e. The van der Waals surface area contributed by atoms with E-state index in [4.69, 9.17) is 16.7 Å². The first-order valence-electron chi connectivity index (χ1n) is 3.82. The van der Waals surface area contributed by atoms with E-state index in [-0.39, 0.29) is 12.3 Å². The summed E-state index contributed by atoms with van der Waals surface area (Å²) in [5.41, 5.74) is -0.0247. The Morgan fingerprint density at radius 1 is 1.57 bits per heavy atom. The van der Waals surface area contributed by atoms with Gasteiger partial charge in [0.05, 0.1) is 16.6 Å². The Hall–Kier alpha value is -0.780. The van der Waals surface area contributed by atoms with Gasteiger partial charge in [0.2, 0.25) is 0 Å². The molecule has 1 aromatic rings. The third kappa shape index (κ3) is 2.87. The number of aliphatic hydroxyl groups excluding tert-OH is 1. The van der Waals surface area contributed by atoms with Gasteiger partial charge in [0.1, 0.15) is 0 Å². The van der Waals surface area contributed by atoms with Crippen LogP contribution in [-0.2, 0) is 0 Å². The van der Waals surface area contributed by atoms with Crippen LogP contribution >= 0.6 is 23.4 Å². The monoisotopic (exact) mass is 233 g/mol. The van der Waals surface area contributed by atoms with Gasteiger partial charge >= 0.3 is 0 Å². The second kappa shape index (κ2) is 5.19. The van der Waals surface area contributed by atoms with Gasteiger partial charge in [-0.2, -0.15) is 0 Å². The number of thioether (sulfide) groups is 1. The van der Waals surface area contributed by atoms with Gasteiger partial charge in [-0.1, -0.05) is 11.6 Å². The number of aliphatic hydroxyl groups is 1. The van der Waals surface area contributed by atoms with E-state index < -0.39 is 4.92 Å². The van der Waals surface area contributed by atoms with Crippen LogP contribution in [0, 0.1) is 10.1 Å². The predicted octanol–water partition coefficient (Wildman–Crippen LogP) is 2.33. The molecule has 0 unspecified atom stereocenters. The number of nitro benzene ring substituents is 1. The summed E-state index contributed by atoms with van der Waals surface area (Å²) >= 11 is 7.17. The number of benzene rings is 1. The van der Waals surface area contributed by atoms with Crippen LogP contribution < -0.4 is 0 Å².